The molecule has 0 amide bonds. The second kappa shape index (κ2) is 3.09. The quantitative estimate of drug-likeness (QED) is 0.753. The van der Waals surface area contributed by atoms with Crippen molar-refractivity contribution in [3.8, 4) is 6.07 Å². The summed E-state index contributed by atoms with van der Waals surface area (Å²) in [5.74, 6) is 0. The van der Waals surface area contributed by atoms with Gasteiger partial charge >= 0.3 is 0 Å². The number of hydrogen-bond acceptors (Lipinski definition) is 1. The summed E-state index contributed by atoms with van der Waals surface area (Å²) in [5, 5.41) is 9.40. The zero-order chi connectivity index (χ0) is 11.3. The summed E-state index contributed by atoms with van der Waals surface area (Å²) in [6, 6.07) is 8.70. The highest BCUT2D eigenvalue weighted by atomic mass is 79.9. The summed E-state index contributed by atoms with van der Waals surface area (Å²) in [6.45, 7) is 6.41. The van der Waals surface area contributed by atoms with E-state index in [4.69, 9.17) is 0 Å². The van der Waals surface area contributed by atoms with Gasteiger partial charge in [0.05, 0.1) is 11.5 Å². The summed E-state index contributed by atoms with van der Waals surface area (Å²) >= 11 is 3.47. The Hall–Kier alpha value is -0.810. The van der Waals surface area contributed by atoms with Crippen LogP contribution in [0.5, 0.6) is 0 Å². The van der Waals surface area contributed by atoms with Crippen molar-refractivity contribution in [1.82, 2.24) is 0 Å². The van der Waals surface area contributed by atoms with Gasteiger partial charge in [-0.2, -0.15) is 5.26 Å². The summed E-state index contributed by atoms with van der Waals surface area (Å²) < 4.78 is 1.06. The SMILES string of the molecule is Cc1ccc(Br)cc1C1(C#N)CC1(C)C. The van der Waals surface area contributed by atoms with Crippen LogP contribution in [0.3, 0.4) is 0 Å². The molecule has 1 saturated carbocycles. The summed E-state index contributed by atoms with van der Waals surface area (Å²) in [4.78, 5) is 0. The largest absolute Gasteiger partial charge is 0.197 e. The van der Waals surface area contributed by atoms with Crippen molar-refractivity contribution in [3.63, 3.8) is 0 Å². The average Bonchev–Trinajstić information content (AvgIpc) is 2.74. The lowest BCUT2D eigenvalue weighted by molar-refractivity contribution is 0.568. The fraction of sp³-hybridized carbons (Fsp3) is 0.462. The number of hydrogen-bond donors (Lipinski definition) is 0. The number of aryl methyl sites for hydroxylation is 1. The summed E-state index contributed by atoms with van der Waals surface area (Å²) in [6.07, 6.45) is 0.966. The molecule has 0 aliphatic heterocycles. The van der Waals surface area contributed by atoms with E-state index < -0.39 is 0 Å². The molecule has 0 N–H and O–H groups in total. The molecule has 2 rings (SSSR count). The normalized spacial score (nSPS) is 27.1. The molecule has 0 aromatic heterocycles. The summed E-state index contributed by atoms with van der Waals surface area (Å²) in [5.41, 5.74) is 2.25. The standard InChI is InChI=1S/C13H14BrN/c1-9-4-5-10(14)6-11(9)13(8-15)7-12(13,2)3/h4-6H,7H2,1-3H3. The highest BCUT2D eigenvalue weighted by Crippen LogP contribution is 2.64. The van der Waals surface area contributed by atoms with Gasteiger partial charge in [-0.05, 0) is 42.0 Å². The van der Waals surface area contributed by atoms with Crippen molar-refractivity contribution in [2.45, 2.75) is 32.6 Å². The predicted octanol–water partition coefficient (Wildman–Crippen LogP) is 3.95. The van der Waals surface area contributed by atoms with Gasteiger partial charge in [0.25, 0.3) is 0 Å². The molecule has 1 unspecified atom stereocenters. The van der Waals surface area contributed by atoms with Gasteiger partial charge in [0.2, 0.25) is 0 Å². The number of halogens is 1. The molecule has 1 aliphatic carbocycles. The van der Waals surface area contributed by atoms with E-state index in [0.29, 0.717) is 0 Å². The van der Waals surface area contributed by atoms with Gasteiger partial charge < -0.3 is 0 Å². The van der Waals surface area contributed by atoms with E-state index in [1.807, 2.05) is 6.07 Å². The lowest BCUT2D eigenvalue weighted by Crippen LogP contribution is -2.13. The van der Waals surface area contributed by atoms with E-state index in [1.54, 1.807) is 0 Å². The Kier molecular flexibility index (Phi) is 2.20. The minimum absolute atomic E-state index is 0.118. The van der Waals surface area contributed by atoms with Crippen molar-refractivity contribution in [1.29, 1.82) is 5.26 Å². The van der Waals surface area contributed by atoms with Crippen LogP contribution in [-0.4, -0.2) is 0 Å². The van der Waals surface area contributed by atoms with Crippen LogP contribution in [0.1, 0.15) is 31.4 Å². The van der Waals surface area contributed by atoms with E-state index in [0.717, 1.165) is 10.9 Å². The van der Waals surface area contributed by atoms with Gasteiger partial charge in [0.1, 0.15) is 0 Å². The number of nitrogens with zero attached hydrogens (tertiary/aromatic N) is 1. The monoisotopic (exact) mass is 263 g/mol. The van der Waals surface area contributed by atoms with Crippen molar-refractivity contribution >= 4 is 15.9 Å². The van der Waals surface area contributed by atoms with E-state index in [1.165, 1.54) is 11.1 Å². The summed E-state index contributed by atoms with van der Waals surface area (Å²) in [7, 11) is 0. The Balaban J connectivity index is 2.56. The smallest absolute Gasteiger partial charge is 0.0882 e. The highest BCUT2D eigenvalue weighted by Gasteiger charge is 2.63. The third kappa shape index (κ3) is 1.41. The lowest BCUT2D eigenvalue weighted by atomic mass is 9.86. The fourth-order valence-corrected chi connectivity index (χ4v) is 2.74. The Morgan fingerprint density at radius 3 is 2.47 bits per heavy atom. The molecule has 1 aromatic carbocycles. The molecule has 0 heterocycles. The van der Waals surface area contributed by atoms with Crippen molar-refractivity contribution in [3.05, 3.63) is 33.8 Å². The molecule has 0 bridgehead atoms. The zero-order valence-electron chi connectivity index (χ0n) is 9.26. The first-order valence-corrected chi connectivity index (χ1v) is 5.90. The molecule has 1 nitrogen and oxygen atoms in total. The van der Waals surface area contributed by atoms with Crippen LogP contribution < -0.4 is 0 Å². The molecule has 0 radical (unpaired) electrons. The predicted molar refractivity (Wildman–Crippen MR) is 64.6 cm³/mol. The van der Waals surface area contributed by atoms with Gasteiger partial charge in [-0.1, -0.05) is 35.8 Å². The number of nitriles is 1. The van der Waals surface area contributed by atoms with Crippen molar-refractivity contribution in [2.75, 3.05) is 0 Å². The number of benzene rings is 1. The average molecular weight is 264 g/mol. The fourth-order valence-electron chi connectivity index (χ4n) is 2.38. The van der Waals surface area contributed by atoms with E-state index >= 15 is 0 Å². The molecule has 15 heavy (non-hydrogen) atoms. The Labute approximate surface area is 99.2 Å². The zero-order valence-corrected chi connectivity index (χ0v) is 10.9. The Morgan fingerprint density at radius 1 is 1.40 bits per heavy atom. The first-order chi connectivity index (χ1) is 6.93. The van der Waals surface area contributed by atoms with Crippen LogP contribution in [0.15, 0.2) is 22.7 Å². The Bertz CT molecular complexity index is 456. The molecule has 78 valence electrons. The van der Waals surface area contributed by atoms with Crippen LogP contribution in [0.25, 0.3) is 0 Å². The molecule has 0 spiro atoms. The lowest BCUT2D eigenvalue weighted by Gasteiger charge is -2.15. The maximum Gasteiger partial charge on any atom is 0.0882 e. The van der Waals surface area contributed by atoms with Crippen LogP contribution in [0.2, 0.25) is 0 Å². The first-order valence-electron chi connectivity index (χ1n) is 5.11. The maximum atomic E-state index is 9.40. The molecular weight excluding hydrogens is 250 g/mol. The van der Waals surface area contributed by atoms with Crippen LogP contribution >= 0.6 is 15.9 Å². The van der Waals surface area contributed by atoms with Gasteiger partial charge in [0, 0.05) is 4.47 Å². The maximum absolute atomic E-state index is 9.40. The minimum atomic E-state index is -0.263. The van der Waals surface area contributed by atoms with E-state index in [-0.39, 0.29) is 10.8 Å². The number of rotatable bonds is 1. The van der Waals surface area contributed by atoms with Crippen LogP contribution in [0.4, 0.5) is 0 Å². The van der Waals surface area contributed by atoms with Gasteiger partial charge in [-0.15, -0.1) is 0 Å². The molecule has 1 fully saturated rings. The molecule has 2 heteroatoms. The van der Waals surface area contributed by atoms with Crippen LogP contribution in [0, 0.1) is 23.7 Å². The first kappa shape index (κ1) is 10.7. The van der Waals surface area contributed by atoms with Crippen LogP contribution in [-0.2, 0) is 5.41 Å². The molecule has 1 aliphatic rings. The molecule has 0 saturated heterocycles. The third-order valence-electron chi connectivity index (χ3n) is 3.59. The highest BCUT2D eigenvalue weighted by molar-refractivity contribution is 9.10. The second-order valence-corrected chi connectivity index (χ2v) is 5.95. The molecular formula is C13H14BrN. The molecule has 1 aromatic rings. The van der Waals surface area contributed by atoms with E-state index in [2.05, 4.69) is 54.9 Å². The minimum Gasteiger partial charge on any atom is -0.197 e. The van der Waals surface area contributed by atoms with Gasteiger partial charge in [0.15, 0.2) is 0 Å². The van der Waals surface area contributed by atoms with Gasteiger partial charge in [-0.3, -0.25) is 0 Å². The van der Waals surface area contributed by atoms with Gasteiger partial charge in [-0.25, -0.2) is 0 Å². The van der Waals surface area contributed by atoms with Crippen molar-refractivity contribution in [2.24, 2.45) is 5.41 Å². The van der Waals surface area contributed by atoms with Crippen molar-refractivity contribution < 1.29 is 0 Å². The second-order valence-electron chi connectivity index (χ2n) is 5.04. The topological polar surface area (TPSA) is 23.8 Å². The van der Waals surface area contributed by atoms with E-state index in [9.17, 15) is 5.26 Å². The molecule has 1 atom stereocenters. The third-order valence-corrected chi connectivity index (χ3v) is 4.08. The Morgan fingerprint density at radius 2 is 2.00 bits per heavy atom.